The fourth-order valence-corrected chi connectivity index (χ4v) is 3.51. The summed E-state index contributed by atoms with van der Waals surface area (Å²) in [4.78, 5) is 27.2. The summed E-state index contributed by atoms with van der Waals surface area (Å²) in [6.07, 6.45) is 0. The highest BCUT2D eigenvalue weighted by Gasteiger charge is 2.42. The smallest absolute Gasteiger partial charge is 0.355 e. The molecule has 0 spiro atoms. The van der Waals surface area contributed by atoms with Gasteiger partial charge in [-0.1, -0.05) is 30.3 Å². The molecule has 31 heavy (non-hydrogen) atoms. The number of hydrogen-bond donors (Lipinski definition) is 1. The van der Waals surface area contributed by atoms with E-state index in [1.165, 1.54) is 26.2 Å². The minimum absolute atomic E-state index is 0.00886. The molecule has 0 saturated heterocycles. The zero-order chi connectivity index (χ0) is 22.5. The van der Waals surface area contributed by atoms with Gasteiger partial charge in [0.25, 0.3) is 0 Å². The Morgan fingerprint density at radius 3 is 2.10 bits per heavy atom. The molecule has 0 saturated carbocycles. The van der Waals surface area contributed by atoms with E-state index in [1.54, 1.807) is 54.6 Å². The number of rotatable bonds is 5. The lowest BCUT2D eigenvalue weighted by atomic mass is 9.81. The van der Waals surface area contributed by atoms with Crippen LogP contribution < -0.4 is 15.4 Å². The van der Waals surface area contributed by atoms with E-state index in [0.717, 1.165) is 0 Å². The van der Waals surface area contributed by atoms with Gasteiger partial charge in [-0.3, -0.25) is 4.90 Å². The van der Waals surface area contributed by atoms with E-state index < -0.39 is 17.9 Å². The summed E-state index contributed by atoms with van der Waals surface area (Å²) in [5.74, 6) is -1.87. The molecule has 0 radical (unpaired) electrons. The van der Waals surface area contributed by atoms with Crippen molar-refractivity contribution in [3.05, 3.63) is 82.8 Å². The maximum atomic E-state index is 12.9. The third-order valence-corrected chi connectivity index (χ3v) is 4.94. The van der Waals surface area contributed by atoms with E-state index in [4.69, 9.17) is 19.9 Å². The molecule has 0 fully saturated rings. The van der Waals surface area contributed by atoms with Crippen LogP contribution in [0.25, 0.3) is 0 Å². The van der Waals surface area contributed by atoms with Crippen LogP contribution in [0.15, 0.2) is 77.3 Å². The Hall–Kier alpha value is -4.25. The van der Waals surface area contributed by atoms with Crippen LogP contribution in [-0.2, 0) is 19.1 Å². The SMILES string of the molecule is COC(=O)C1=C(C(=O)OC)N(c2ccc(OC)cc2)C(N)=C(C#N)C1c1ccccc1. The third-order valence-electron chi connectivity index (χ3n) is 4.94. The number of nitrogens with zero attached hydrogens (tertiary/aromatic N) is 2. The number of carbonyl (C=O) groups is 2. The number of anilines is 1. The van der Waals surface area contributed by atoms with Gasteiger partial charge in [0, 0.05) is 5.69 Å². The molecule has 1 aliphatic heterocycles. The maximum Gasteiger partial charge on any atom is 0.355 e. The van der Waals surface area contributed by atoms with Crippen LogP contribution >= 0.6 is 0 Å². The molecule has 3 rings (SSSR count). The first kappa shape index (κ1) is 21.5. The van der Waals surface area contributed by atoms with Gasteiger partial charge in [-0.25, -0.2) is 9.59 Å². The highest BCUT2D eigenvalue weighted by molar-refractivity contribution is 6.06. The van der Waals surface area contributed by atoms with Crippen LogP contribution in [0.3, 0.4) is 0 Å². The Balaban J connectivity index is 2.37. The van der Waals surface area contributed by atoms with Crippen molar-refractivity contribution in [1.29, 1.82) is 5.26 Å². The zero-order valence-corrected chi connectivity index (χ0v) is 17.3. The van der Waals surface area contributed by atoms with Crippen LogP contribution in [0.4, 0.5) is 5.69 Å². The van der Waals surface area contributed by atoms with Crippen LogP contribution in [-0.4, -0.2) is 33.3 Å². The number of allylic oxidation sites excluding steroid dienone is 1. The quantitative estimate of drug-likeness (QED) is 0.736. The van der Waals surface area contributed by atoms with E-state index in [2.05, 4.69) is 6.07 Å². The Labute approximate surface area is 179 Å². The van der Waals surface area contributed by atoms with E-state index in [9.17, 15) is 14.9 Å². The number of benzene rings is 2. The number of hydrogen-bond acceptors (Lipinski definition) is 8. The summed E-state index contributed by atoms with van der Waals surface area (Å²) >= 11 is 0. The van der Waals surface area contributed by atoms with E-state index in [-0.39, 0.29) is 22.7 Å². The number of carbonyl (C=O) groups excluding carboxylic acids is 2. The van der Waals surface area contributed by atoms with Gasteiger partial charge >= 0.3 is 11.9 Å². The lowest BCUT2D eigenvalue weighted by Gasteiger charge is -2.35. The van der Waals surface area contributed by atoms with E-state index in [1.807, 2.05) is 0 Å². The zero-order valence-electron chi connectivity index (χ0n) is 17.3. The molecule has 1 aliphatic rings. The molecule has 0 amide bonds. The average molecular weight is 419 g/mol. The summed E-state index contributed by atoms with van der Waals surface area (Å²) in [6.45, 7) is 0. The molecule has 1 heterocycles. The summed E-state index contributed by atoms with van der Waals surface area (Å²) < 4.78 is 15.2. The first-order valence-electron chi connectivity index (χ1n) is 9.28. The minimum atomic E-state index is -0.901. The van der Waals surface area contributed by atoms with Crippen molar-refractivity contribution < 1.29 is 23.8 Å². The number of ether oxygens (including phenoxy) is 3. The normalized spacial score (nSPS) is 15.9. The maximum absolute atomic E-state index is 12.9. The molecular formula is C23H21N3O5. The first-order chi connectivity index (χ1) is 15.0. The van der Waals surface area contributed by atoms with Gasteiger partial charge in [-0.2, -0.15) is 5.26 Å². The van der Waals surface area contributed by atoms with Gasteiger partial charge in [0.05, 0.1) is 44.5 Å². The van der Waals surface area contributed by atoms with Crippen molar-refractivity contribution in [1.82, 2.24) is 0 Å². The van der Waals surface area contributed by atoms with Crippen molar-refractivity contribution in [2.45, 2.75) is 5.92 Å². The number of nitriles is 1. The second-order valence-electron chi connectivity index (χ2n) is 6.53. The number of methoxy groups -OCH3 is 3. The average Bonchev–Trinajstić information content (AvgIpc) is 2.82. The highest BCUT2D eigenvalue weighted by atomic mass is 16.5. The fraction of sp³-hybridized carbons (Fsp3) is 0.174. The van der Waals surface area contributed by atoms with Gasteiger partial charge in [-0.15, -0.1) is 0 Å². The van der Waals surface area contributed by atoms with Crippen LogP contribution in [0, 0.1) is 11.3 Å². The van der Waals surface area contributed by atoms with Crippen LogP contribution in [0.1, 0.15) is 11.5 Å². The molecule has 0 aliphatic carbocycles. The molecule has 0 bridgehead atoms. The predicted octanol–water partition coefficient (Wildman–Crippen LogP) is 2.59. The topological polar surface area (TPSA) is 115 Å². The minimum Gasteiger partial charge on any atom is -0.497 e. The second-order valence-corrected chi connectivity index (χ2v) is 6.53. The van der Waals surface area contributed by atoms with Gasteiger partial charge < -0.3 is 19.9 Å². The Morgan fingerprint density at radius 1 is 0.968 bits per heavy atom. The number of nitrogens with two attached hydrogens (primary N) is 1. The van der Waals surface area contributed by atoms with E-state index in [0.29, 0.717) is 17.0 Å². The monoisotopic (exact) mass is 419 g/mol. The van der Waals surface area contributed by atoms with Crippen LogP contribution in [0.5, 0.6) is 5.75 Å². The lowest BCUT2D eigenvalue weighted by molar-refractivity contribution is -0.139. The van der Waals surface area contributed by atoms with Crippen molar-refractivity contribution in [2.24, 2.45) is 5.73 Å². The largest absolute Gasteiger partial charge is 0.497 e. The molecule has 0 aromatic heterocycles. The summed E-state index contributed by atoms with van der Waals surface area (Å²) in [5.41, 5.74) is 7.41. The molecule has 8 heteroatoms. The number of esters is 2. The van der Waals surface area contributed by atoms with Crippen LogP contribution in [0.2, 0.25) is 0 Å². The summed E-state index contributed by atoms with van der Waals surface area (Å²) in [7, 11) is 3.93. The van der Waals surface area contributed by atoms with Gasteiger partial charge in [0.1, 0.15) is 17.3 Å². The molecule has 2 aromatic carbocycles. The summed E-state index contributed by atoms with van der Waals surface area (Å²) in [6, 6.07) is 17.6. The second kappa shape index (κ2) is 9.05. The van der Waals surface area contributed by atoms with Crippen molar-refractivity contribution in [3.8, 4) is 11.8 Å². The van der Waals surface area contributed by atoms with Gasteiger partial charge in [0.15, 0.2) is 0 Å². The lowest BCUT2D eigenvalue weighted by Crippen LogP contribution is -2.40. The van der Waals surface area contributed by atoms with Crippen molar-refractivity contribution >= 4 is 17.6 Å². The Bertz CT molecular complexity index is 1100. The van der Waals surface area contributed by atoms with Gasteiger partial charge in [-0.05, 0) is 29.8 Å². The predicted molar refractivity (Wildman–Crippen MR) is 113 cm³/mol. The molecular weight excluding hydrogens is 398 g/mol. The van der Waals surface area contributed by atoms with Crippen molar-refractivity contribution in [2.75, 3.05) is 26.2 Å². The molecule has 1 unspecified atom stereocenters. The molecule has 2 aromatic rings. The molecule has 8 nitrogen and oxygen atoms in total. The Kier molecular flexibility index (Phi) is 6.26. The standard InChI is InChI=1S/C23H21N3O5/c1-29-16-11-9-15(10-12-16)26-20(23(28)31-3)19(22(27)30-2)18(17(13-24)21(26)25)14-7-5-4-6-8-14/h4-12,18H,25H2,1-3H3. The van der Waals surface area contributed by atoms with E-state index >= 15 is 0 Å². The highest BCUT2D eigenvalue weighted by Crippen LogP contribution is 2.43. The van der Waals surface area contributed by atoms with Gasteiger partial charge in [0.2, 0.25) is 0 Å². The summed E-state index contributed by atoms with van der Waals surface area (Å²) in [5, 5.41) is 9.97. The van der Waals surface area contributed by atoms with Crippen molar-refractivity contribution in [3.63, 3.8) is 0 Å². The fourth-order valence-electron chi connectivity index (χ4n) is 3.51. The molecule has 2 N–H and O–H groups in total. The molecule has 1 atom stereocenters. The third kappa shape index (κ3) is 3.81. The Morgan fingerprint density at radius 2 is 1.58 bits per heavy atom. The molecule has 158 valence electrons. The first-order valence-corrected chi connectivity index (χ1v) is 9.28.